The van der Waals surface area contributed by atoms with Gasteiger partial charge in [0.1, 0.15) is 5.75 Å². The molecule has 3 nitrogen and oxygen atoms in total. The summed E-state index contributed by atoms with van der Waals surface area (Å²) in [6.07, 6.45) is 1.31. The van der Waals surface area contributed by atoms with Gasteiger partial charge in [-0.3, -0.25) is 0 Å². The van der Waals surface area contributed by atoms with Gasteiger partial charge in [0.2, 0.25) is 0 Å². The molecular weight excluding hydrogens is 310 g/mol. The first kappa shape index (κ1) is 12.1. The van der Waals surface area contributed by atoms with Gasteiger partial charge < -0.3 is 10.5 Å². The molecule has 0 fully saturated rings. The van der Waals surface area contributed by atoms with E-state index in [4.69, 9.17) is 22.1 Å². The van der Waals surface area contributed by atoms with E-state index in [-0.39, 0.29) is 10.9 Å². The Morgan fingerprint density at radius 2 is 2.06 bits per heavy atom. The van der Waals surface area contributed by atoms with E-state index < -0.39 is 5.82 Å². The zero-order valence-corrected chi connectivity index (χ0v) is 10.8. The number of ether oxygens (including phenoxy) is 1. The summed E-state index contributed by atoms with van der Waals surface area (Å²) in [5.41, 5.74) is 6.13. The third kappa shape index (κ3) is 3.08. The van der Waals surface area contributed by atoms with E-state index in [1.807, 2.05) is 0 Å². The SMILES string of the molecule is Nc1cc(Br)cc(Oc2ncc(Cl)cc2F)c1. The monoisotopic (exact) mass is 316 g/mol. The van der Waals surface area contributed by atoms with Gasteiger partial charge in [-0.15, -0.1) is 0 Å². The van der Waals surface area contributed by atoms with E-state index in [1.165, 1.54) is 6.20 Å². The molecule has 1 aromatic carbocycles. The number of aromatic nitrogens is 1. The lowest BCUT2D eigenvalue weighted by Crippen LogP contribution is -1.93. The van der Waals surface area contributed by atoms with Gasteiger partial charge in [0.05, 0.1) is 5.02 Å². The standard InChI is InChI=1S/C11H7BrClFN2O/c12-6-1-8(15)4-9(2-6)17-11-10(14)3-7(13)5-16-11/h1-5H,15H2. The van der Waals surface area contributed by atoms with Crippen LogP contribution in [-0.4, -0.2) is 4.98 Å². The highest BCUT2D eigenvalue weighted by molar-refractivity contribution is 9.10. The van der Waals surface area contributed by atoms with E-state index in [0.717, 1.165) is 10.5 Å². The summed E-state index contributed by atoms with van der Waals surface area (Å²) in [6, 6.07) is 6.07. The molecule has 88 valence electrons. The molecule has 0 saturated heterocycles. The van der Waals surface area contributed by atoms with Gasteiger partial charge in [0, 0.05) is 22.4 Å². The number of anilines is 1. The van der Waals surface area contributed by atoms with Crippen LogP contribution in [0.3, 0.4) is 0 Å². The summed E-state index contributed by atoms with van der Waals surface area (Å²) >= 11 is 8.85. The number of hydrogen-bond acceptors (Lipinski definition) is 3. The number of nitrogen functional groups attached to an aromatic ring is 1. The Bertz CT molecular complexity index is 545. The molecule has 2 rings (SSSR count). The van der Waals surface area contributed by atoms with Gasteiger partial charge in [0.25, 0.3) is 5.88 Å². The average molecular weight is 318 g/mol. The largest absolute Gasteiger partial charge is 0.436 e. The van der Waals surface area contributed by atoms with E-state index >= 15 is 0 Å². The molecule has 6 heteroatoms. The second kappa shape index (κ2) is 4.89. The zero-order valence-electron chi connectivity index (χ0n) is 8.45. The number of nitrogens with two attached hydrogens (primary N) is 1. The van der Waals surface area contributed by atoms with Gasteiger partial charge in [-0.2, -0.15) is 0 Å². The molecule has 0 aliphatic carbocycles. The van der Waals surface area contributed by atoms with Gasteiger partial charge in [0.15, 0.2) is 5.82 Å². The Hall–Kier alpha value is -1.33. The summed E-state index contributed by atoms with van der Waals surface area (Å²) in [6.45, 7) is 0. The molecule has 0 aliphatic heterocycles. The molecule has 1 aromatic heterocycles. The quantitative estimate of drug-likeness (QED) is 0.851. The van der Waals surface area contributed by atoms with E-state index in [1.54, 1.807) is 18.2 Å². The van der Waals surface area contributed by atoms with Crippen LogP contribution in [-0.2, 0) is 0 Å². The Labute approximate surface area is 110 Å². The first-order valence-electron chi connectivity index (χ1n) is 4.59. The van der Waals surface area contributed by atoms with Crippen LogP contribution in [0.5, 0.6) is 11.6 Å². The molecule has 0 amide bonds. The number of nitrogens with zero attached hydrogens (tertiary/aromatic N) is 1. The van der Waals surface area contributed by atoms with Crippen LogP contribution in [0.2, 0.25) is 5.02 Å². The van der Waals surface area contributed by atoms with Gasteiger partial charge >= 0.3 is 0 Å². The normalized spacial score (nSPS) is 10.3. The predicted octanol–water partition coefficient (Wildman–Crippen LogP) is 4.01. The lowest BCUT2D eigenvalue weighted by molar-refractivity contribution is 0.423. The van der Waals surface area contributed by atoms with E-state index in [0.29, 0.717) is 11.4 Å². The molecular formula is C11H7BrClFN2O. The van der Waals surface area contributed by atoms with E-state index in [9.17, 15) is 4.39 Å². The molecule has 0 saturated carbocycles. The van der Waals surface area contributed by atoms with Crippen molar-refractivity contribution in [2.45, 2.75) is 0 Å². The summed E-state index contributed by atoms with van der Waals surface area (Å²) < 4.78 is 19.4. The molecule has 17 heavy (non-hydrogen) atoms. The van der Waals surface area contributed by atoms with Crippen LogP contribution in [0.25, 0.3) is 0 Å². The minimum atomic E-state index is -0.629. The number of pyridine rings is 1. The van der Waals surface area contributed by atoms with Crippen molar-refractivity contribution in [2.75, 3.05) is 5.73 Å². The maximum absolute atomic E-state index is 13.4. The van der Waals surface area contributed by atoms with Gasteiger partial charge in [-0.05, 0) is 18.2 Å². The molecule has 2 N–H and O–H groups in total. The van der Waals surface area contributed by atoms with Crippen LogP contribution >= 0.6 is 27.5 Å². The van der Waals surface area contributed by atoms with Crippen LogP contribution in [0.1, 0.15) is 0 Å². The zero-order chi connectivity index (χ0) is 12.4. The van der Waals surface area contributed by atoms with Crippen molar-refractivity contribution in [1.82, 2.24) is 4.98 Å². The van der Waals surface area contributed by atoms with Crippen LogP contribution < -0.4 is 10.5 Å². The van der Waals surface area contributed by atoms with Crippen molar-refractivity contribution in [3.05, 3.63) is 45.8 Å². The molecule has 0 spiro atoms. The van der Waals surface area contributed by atoms with Crippen LogP contribution in [0.15, 0.2) is 34.9 Å². The van der Waals surface area contributed by atoms with Gasteiger partial charge in [-0.25, -0.2) is 9.37 Å². The lowest BCUT2D eigenvalue weighted by atomic mass is 10.3. The molecule has 0 bridgehead atoms. The highest BCUT2D eigenvalue weighted by atomic mass is 79.9. The average Bonchev–Trinajstić information content (AvgIpc) is 2.21. The fraction of sp³-hybridized carbons (Fsp3) is 0. The molecule has 2 aromatic rings. The number of rotatable bonds is 2. The lowest BCUT2D eigenvalue weighted by Gasteiger charge is -2.07. The van der Waals surface area contributed by atoms with Crippen molar-refractivity contribution >= 4 is 33.2 Å². The summed E-state index contributed by atoms with van der Waals surface area (Å²) in [5.74, 6) is -0.381. The summed E-state index contributed by atoms with van der Waals surface area (Å²) in [4.78, 5) is 3.75. The first-order valence-corrected chi connectivity index (χ1v) is 5.76. The Kier molecular flexibility index (Phi) is 3.49. The van der Waals surface area contributed by atoms with Crippen molar-refractivity contribution in [2.24, 2.45) is 0 Å². The minimum Gasteiger partial charge on any atom is -0.436 e. The minimum absolute atomic E-state index is 0.146. The van der Waals surface area contributed by atoms with Crippen LogP contribution in [0, 0.1) is 5.82 Å². The Balaban J connectivity index is 2.31. The van der Waals surface area contributed by atoms with Crippen molar-refractivity contribution in [3.63, 3.8) is 0 Å². The molecule has 1 heterocycles. The Morgan fingerprint density at radius 1 is 1.29 bits per heavy atom. The third-order valence-electron chi connectivity index (χ3n) is 1.88. The third-order valence-corrected chi connectivity index (χ3v) is 2.55. The van der Waals surface area contributed by atoms with Crippen molar-refractivity contribution in [1.29, 1.82) is 0 Å². The maximum atomic E-state index is 13.4. The fourth-order valence-electron chi connectivity index (χ4n) is 1.23. The smallest absolute Gasteiger partial charge is 0.255 e. The second-order valence-electron chi connectivity index (χ2n) is 3.26. The van der Waals surface area contributed by atoms with Crippen molar-refractivity contribution < 1.29 is 9.13 Å². The molecule has 0 radical (unpaired) electrons. The molecule has 0 atom stereocenters. The van der Waals surface area contributed by atoms with Gasteiger partial charge in [-0.1, -0.05) is 27.5 Å². The molecule has 0 unspecified atom stereocenters. The number of hydrogen-bond donors (Lipinski definition) is 1. The van der Waals surface area contributed by atoms with Crippen molar-refractivity contribution in [3.8, 4) is 11.6 Å². The summed E-state index contributed by atoms with van der Waals surface area (Å²) in [5, 5.41) is 0.212. The molecule has 0 aliphatic rings. The highest BCUT2D eigenvalue weighted by Gasteiger charge is 2.08. The summed E-state index contributed by atoms with van der Waals surface area (Å²) in [7, 11) is 0. The Morgan fingerprint density at radius 3 is 2.71 bits per heavy atom. The maximum Gasteiger partial charge on any atom is 0.255 e. The van der Waals surface area contributed by atoms with E-state index in [2.05, 4.69) is 20.9 Å². The predicted molar refractivity (Wildman–Crippen MR) is 67.8 cm³/mol. The topological polar surface area (TPSA) is 48.1 Å². The first-order chi connectivity index (χ1) is 8.04. The fourth-order valence-corrected chi connectivity index (χ4v) is 1.87. The highest BCUT2D eigenvalue weighted by Crippen LogP contribution is 2.28. The second-order valence-corrected chi connectivity index (χ2v) is 4.61. The number of halogens is 3. The van der Waals surface area contributed by atoms with Crippen LogP contribution in [0.4, 0.5) is 10.1 Å². The number of benzene rings is 1.